The highest BCUT2D eigenvalue weighted by atomic mass is 32.1. The predicted octanol–water partition coefficient (Wildman–Crippen LogP) is 3.18. The summed E-state index contributed by atoms with van der Waals surface area (Å²) in [5.74, 6) is 0.261. The minimum Gasteiger partial charge on any atom is -0.459 e. The zero-order valence-corrected chi connectivity index (χ0v) is 17.7. The molecule has 8 heteroatoms. The molecule has 1 fully saturated rings. The van der Waals surface area contributed by atoms with Crippen molar-refractivity contribution in [1.82, 2.24) is 14.8 Å². The average molecular weight is 425 g/mol. The lowest BCUT2D eigenvalue weighted by atomic mass is 10.2. The van der Waals surface area contributed by atoms with Crippen LogP contribution in [0.1, 0.15) is 26.8 Å². The van der Waals surface area contributed by atoms with Crippen molar-refractivity contribution in [2.45, 2.75) is 19.9 Å². The van der Waals surface area contributed by atoms with Crippen molar-refractivity contribution < 1.29 is 14.0 Å². The normalized spacial score (nSPS) is 14.6. The SMILES string of the molecule is Cc1ccc(NC(=O)Cc2nc(CN3CCN(C(=O)c4ccco4)CC3)cs2)cc1. The number of rotatable bonds is 6. The number of piperazine rings is 1. The Hall–Kier alpha value is -2.97. The molecule has 0 unspecified atom stereocenters. The number of nitrogens with zero attached hydrogens (tertiary/aromatic N) is 3. The maximum absolute atomic E-state index is 12.3. The van der Waals surface area contributed by atoms with Crippen LogP contribution in [-0.2, 0) is 17.8 Å². The number of hydrogen-bond donors (Lipinski definition) is 1. The van der Waals surface area contributed by atoms with Gasteiger partial charge >= 0.3 is 0 Å². The lowest BCUT2D eigenvalue weighted by Gasteiger charge is -2.33. The molecule has 0 aliphatic carbocycles. The molecule has 1 saturated heterocycles. The largest absolute Gasteiger partial charge is 0.459 e. The number of carbonyl (C=O) groups is 2. The summed E-state index contributed by atoms with van der Waals surface area (Å²) in [6.45, 7) is 5.63. The molecule has 3 aromatic rings. The first kappa shape index (κ1) is 20.3. The number of thiazole rings is 1. The Bertz CT molecular complexity index is 990. The van der Waals surface area contributed by atoms with Crippen LogP contribution in [0.5, 0.6) is 0 Å². The van der Waals surface area contributed by atoms with Crippen molar-refractivity contribution in [3.8, 4) is 0 Å². The second kappa shape index (κ2) is 9.23. The molecule has 1 aromatic carbocycles. The van der Waals surface area contributed by atoms with Crippen molar-refractivity contribution in [3.05, 3.63) is 70.1 Å². The molecule has 1 aliphatic rings. The van der Waals surface area contributed by atoms with E-state index in [1.165, 1.54) is 17.6 Å². The number of nitrogens with one attached hydrogen (secondary N) is 1. The zero-order valence-electron chi connectivity index (χ0n) is 16.8. The van der Waals surface area contributed by atoms with Gasteiger partial charge < -0.3 is 14.6 Å². The van der Waals surface area contributed by atoms with E-state index in [1.807, 2.05) is 41.5 Å². The summed E-state index contributed by atoms with van der Waals surface area (Å²) in [6, 6.07) is 11.2. The third-order valence-electron chi connectivity index (χ3n) is 5.02. The molecule has 2 amide bonds. The smallest absolute Gasteiger partial charge is 0.289 e. The predicted molar refractivity (Wildman–Crippen MR) is 116 cm³/mol. The molecule has 0 atom stereocenters. The molecule has 4 rings (SSSR count). The van der Waals surface area contributed by atoms with Gasteiger partial charge in [-0.2, -0.15) is 0 Å². The van der Waals surface area contributed by atoms with E-state index in [2.05, 4.69) is 15.2 Å². The first-order chi connectivity index (χ1) is 14.6. The van der Waals surface area contributed by atoms with Crippen LogP contribution in [-0.4, -0.2) is 52.8 Å². The van der Waals surface area contributed by atoms with E-state index in [0.29, 0.717) is 18.8 Å². The highest BCUT2D eigenvalue weighted by Crippen LogP contribution is 2.16. The van der Waals surface area contributed by atoms with E-state index in [1.54, 1.807) is 12.1 Å². The first-order valence-electron chi connectivity index (χ1n) is 9.92. The molecule has 1 aliphatic heterocycles. The second-order valence-electron chi connectivity index (χ2n) is 7.37. The van der Waals surface area contributed by atoms with Crippen molar-refractivity contribution >= 4 is 28.8 Å². The molecular weight excluding hydrogens is 400 g/mol. The zero-order chi connectivity index (χ0) is 20.9. The van der Waals surface area contributed by atoms with Crippen LogP contribution in [0, 0.1) is 6.92 Å². The maximum Gasteiger partial charge on any atom is 0.289 e. The summed E-state index contributed by atoms with van der Waals surface area (Å²) in [5, 5.41) is 5.72. The van der Waals surface area contributed by atoms with Gasteiger partial charge in [0.1, 0.15) is 5.01 Å². The minimum absolute atomic E-state index is 0.0600. The highest BCUT2D eigenvalue weighted by molar-refractivity contribution is 7.09. The minimum atomic E-state index is -0.0650. The van der Waals surface area contributed by atoms with Gasteiger partial charge in [-0.25, -0.2) is 4.98 Å². The van der Waals surface area contributed by atoms with E-state index in [4.69, 9.17) is 4.42 Å². The fourth-order valence-corrected chi connectivity index (χ4v) is 4.16. The molecule has 7 nitrogen and oxygen atoms in total. The van der Waals surface area contributed by atoms with Gasteiger partial charge in [0, 0.05) is 43.8 Å². The van der Waals surface area contributed by atoms with Crippen LogP contribution in [0.2, 0.25) is 0 Å². The molecule has 0 spiro atoms. The van der Waals surface area contributed by atoms with E-state index in [-0.39, 0.29) is 18.2 Å². The van der Waals surface area contributed by atoms with Gasteiger partial charge in [-0.3, -0.25) is 14.5 Å². The number of benzene rings is 1. The molecule has 0 saturated carbocycles. The fraction of sp³-hybridized carbons (Fsp3) is 0.318. The number of aromatic nitrogens is 1. The Morgan fingerprint density at radius 2 is 1.90 bits per heavy atom. The molecule has 0 radical (unpaired) electrons. The highest BCUT2D eigenvalue weighted by Gasteiger charge is 2.24. The van der Waals surface area contributed by atoms with Gasteiger partial charge in [-0.15, -0.1) is 11.3 Å². The third-order valence-corrected chi connectivity index (χ3v) is 5.92. The number of furan rings is 1. The summed E-state index contributed by atoms with van der Waals surface area (Å²) in [4.78, 5) is 33.3. The van der Waals surface area contributed by atoms with Crippen molar-refractivity contribution in [2.24, 2.45) is 0 Å². The van der Waals surface area contributed by atoms with Crippen LogP contribution < -0.4 is 5.32 Å². The standard InChI is InChI=1S/C22H24N4O3S/c1-16-4-6-17(7-5-16)23-20(27)13-21-24-18(15-30-21)14-25-8-10-26(11-9-25)22(28)19-3-2-12-29-19/h2-7,12,15H,8-11,13-14H2,1H3,(H,23,27). The van der Waals surface area contributed by atoms with E-state index in [0.717, 1.165) is 41.6 Å². The summed E-state index contributed by atoms with van der Waals surface area (Å²) in [7, 11) is 0. The van der Waals surface area contributed by atoms with Crippen molar-refractivity contribution in [2.75, 3.05) is 31.5 Å². The second-order valence-corrected chi connectivity index (χ2v) is 8.31. The van der Waals surface area contributed by atoms with Gasteiger partial charge in [0.05, 0.1) is 18.4 Å². The summed E-state index contributed by atoms with van der Waals surface area (Å²) >= 11 is 1.51. The van der Waals surface area contributed by atoms with Crippen molar-refractivity contribution in [1.29, 1.82) is 0 Å². The van der Waals surface area contributed by atoms with E-state index in [9.17, 15) is 9.59 Å². The summed E-state index contributed by atoms with van der Waals surface area (Å²) < 4.78 is 5.20. The number of hydrogen-bond acceptors (Lipinski definition) is 6. The average Bonchev–Trinajstić information content (AvgIpc) is 3.42. The van der Waals surface area contributed by atoms with Gasteiger partial charge in [-0.1, -0.05) is 17.7 Å². The molecule has 0 bridgehead atoms. The topological polar surface area (TPSA) is 78.7 Å². The van der Waals surface area contributed by atoms with Gasteiger partial charge in [0.2, 0.25) is 5.91 Å². The third kappa shape index (κ3) is 5.14. The maximum atomic E-state index is 12.3. The van der Waals surface area contributed by atoms with E-state index < -0.39 is 0 Å². The Kier molecular flexibility index (Phi) is 6.25. The number of aryl methyl sites for hydroxylation is 1. The fourth-order valence-electron chi connectivity index (χ4n) is 3.38. The molecule has 30 heavy (non-hydrogen) atoms. The molecule has 1 N–H and O–H groups in total. The Morgan fingerprint density at radius 1 is 1.13 bits per heavy atom. The molecular formula is C22H24N4O3S. The Morgan fingerprint density at radius 3 is 2.60 bits per heavy atom. The lowest BCUT2D eigenvalue weighted by molar-refractivity contribution is -0.115. The number of amides is 2. The molecule has 156 valence electrons. The lowest BCUT2D eigenvalue weighted by Crippen LogP contribution is -2.48. The van der Waals surface area contributed by atoms with Crippen molar-refractivity contribution in [3.63, 3.8) is 0 Å². The van der Waals surface area contributed by atoms with Crippen LogP contribution >= 0.6 is 11.3 Å². The van der Waals surface area contributed by atoms with Crippen LogP contribution in [0.4, 0.5) is 5.69 Å². The van der Waals surface area contributed by atoms with Crippen LogP contribution in [0.3, 0.4) is 0 Å². The Balaban J connectivity index is 1.24. The summed E-state index contributed by atoms with van der Waals surface area (Å²) in [6.07, 6.45) is 1.79. The monoisotopic (exact) mass is 424 g/mol. The number of carbonyl (C=O) groups excluding carboxylic acids is 2. The van der Waals surface area contributed by atoms with Gasteiger partial charge in [0.15, 0.2) is 5.76 Å². The molecule has 3 heterocycles. The van der Waals surface area contributed by atoms with Crippen LogP contribution in [0.15, 0.2) is 52.5 Å². The van der Waals surface area contributed by atoms with E-state index >= 15 is 0 Å². The van der Waals surface area contributed by atoms with Crippen LogP contribution in [0.25, 0.3) is 0 Å². The summed E-state index contributed by atoms with van der Waals surface area (Å²) in [5.41, 5.74) is 2.91. The first-order valence-corrected chi connectivity index (χ1v) is 10.8. The van der Waals surface area contributed by atoms with Gasteiger partial charge in [-0.05, 0) is 31.2 Å². The molecule has 2 aromatic heterocycles. The Labute approximate surface area is 179 Å². The quantitative estimate of drug-likeness (QED) is 0.658. The number of anilines is 1. The van der Waals surface area contributed by atoms with Gasteiger partial charge in [0.25, 0.3) is 5.91 Å².